The minimum Gasteiger partial charge on any atom is -0.396 e. The lowest BCUT2D eigenvalue weighted by molar-refractivity contribution is -0.398. The molecule has 0 spiro atoms. The first kappa shape index (κ1) is 52.6. The predicted molar refractivity (Wildman–Crippen MR) is 233 cm³/mol. The molecule has 388 valence electrons. The second kappa shape index (κ2) is 18.3. The van der Waals surface area contributed by atoms with Crippen LogP contribution in [-0.2, 0) is 33.2 Å². The van der Waals surface area contributed by atoms with Gasteiger partial charge in [-0.3, -0.25) is 0 Å². The Balaban J connectivity index is 1.08. The highest BCUT2D eigenvalue weighted by Gasteiger charge is 2.73. The molecule has 67 heavy (non-hydrogen) atoms. The van der Waals surface area contributed by atoms with Crippen LogP contribution in [0, 0.1) is 45.3 Å². The van der Waals surface area contributed by atoms with Crippen molar-refractivity contribution >= 4 is 0 Å². The van der Waals surface area contributed by atoms with Gasteiger partial charge < -0.3 is 94.4 Å². The lowest BCUT2D eigenvalue weighted by Crippen LogP contribution is -2.69. The van der Waals surface area contributed by atoms with Gasteiger partial charge in [0.2, 0.25) is 0 Å². The van der Waals surface area contributed by atoms with E-state index >= 15 is 0 Å². The third-order valence-corrected chi connectivity index (χ3v) is 19.6. The predicted octanol–water partition coefficient (Wildman–Crippen LogP) is -0.817. The highest BCUT2D eigenvalue weighted by molar-refractivity contribution is 5.21. The largest absolute Gasteiger partial charge is 0.396 e. The Labute approximate surface area is 393 Å². The van der Waals surface area contributed by atoms with Crippen molar-refractivity contribution in [3.63, 3.8) is 0 Å². The Bertz CT molecular complexity index is 1740. The summed E-state index contributed by atoms with van der Waals surface area (Å²) in [6.07, 6.45) is -21.0. The summed E-state index contributed by atoms with van der Waals surface area (Å²) in [6, 6.07) is 0. The molecule has 0 bridgehead atoms. The van der Waals surface area contributed by atoms with E-state index in [4.69, 9.17) is 33.2 Å². The number of aliphatic hydroxyl groups excluding tert-OH is 11. The zero-order valence-electron chi connectivity index (χ0n) is 40.6. The number of aliphatic hydroxyl groups is 12. The van der Waals surface area contributed by atoms with Gasteiger partial charge >= 0.3 is 0 Å². The highest BCUT2D eigenvalue weighted by atomic mass is 16.8. The van der Waals surface area contributed by atoms with Crippen molar-refractivity contribution in [1.82, 2.24) is 0 Å². The van der Waals surface area contributed by atoms with Crippen LogP contribution in [0.25, 0.3) is 0 Å². The molecule has 28 atom stereocenters. The van der Waals surface area contributed by atoms with E-state index in [-0.39, 0.29) is 41.1 Å². The monoisotopic (exact) mass is 963 g/mol. The van der Waals surface area contributed by atoms with Crippen LogP contribution in [0.15, 0.2) is 0 Å². The van der Waals surface area contributed by atoms with Gasteiger partial charge in [0.25, 0.3) is 0 Å². The van der Waals surface area contributed by atoms with Crippen molar-refractivity contribution in [2.45, 2.75) is 241 Å². The first-order valence-electron chi connectivity index (χ1n) is 24.8. The van der Waals surface area contributed by atoms with Gasteiger partial charge in [-0.15, -0.1) is 0 Å². The van der Waals surface area contributed by atoms with Crippen LogP contribution in [0.4, 0.5) is 0 Å². The molecule has 0 aromatic heterocycles. The molecule has 19 nitrogen and oxygen atoms in total. The minimum absolute atomic E-state index is 0.0354. The Hall–Kier alpha value is -0.760. The first-order chi connectivity index (χ1) is 31.1. The molecule has 8 aliphatic rings. The zero-order chi connectivity index (χ0) is 49.3. The van der Waals surface area contributed by atoms with Gasteiger partial charge in [0.1, 0.15) is 67.1 Å². The average Bonchev–Trinajstić information content (AvgIpc) is 3.82. The molecule has 4 heterocycles. The number of ether oxygens (including phenoxy) is 7. The molecule has 0 amide bonds. The second-order valence-corrected chi connectivity index (χ2v) is 23.8. The van der Waals surface area contributed by atoms with Gasteiger partial charge in [0.15, 0.2) is 18.9 Å². The van der Waals surface area contributed by atoms with Gasteiger partial charge in [-0.05, 0) is 119 Å². The fourth-order valence-electron chi connectivity index (χ4n) is 15.6. The van der Waals surface area contributed by atoms with Crippen LogP contribution in [0.2, 0.25) is 0 Å². The van der Waals surface area contributed by atoms with Crippen molar-refractivity contribution in [3.05, 3.63) is 0 Å². The first-order valence-corrected chi connectivity index (χ1v) is 24.8. The Kier molecular flexibility index (Phi) is 14.4. The Morgan fingerprint density at radius 2 is 1.16 bits per heavy atom. The quantitative estimate of drug-likeness (QED) is 0.119. The molecule has 12 N–H and O–H groups in total. The molecule has 0 unspecified atom stereocenters. The van der Waals surface area contributed by atoms with E-state index in [0.717, 1.165) is 25.7 Å². The molecule has 19 heteroatoms. The van der Waals surface area contributed by atoms with Crippen LogP contribution in [0.5, 0.6) is 0 Å². The average molecular weight is 963 g/mol. The molecule has 0 radical (unpaired) electrons. The normalized spacial score (nSPS) is 58.3. The van der Waals surface area contributed by atoms with Crippen molar-refractivity contribution in [2.24, 2.45) is 45.3 Å². The molecule has 8 fully saturated rings. The van der Waals surface area contributed by atoms with E-state index in [9.17, 15) is 61.3 Å². The molecule has 4 aliphatic heterocycles. The highest BCUT2D eigenvalue weighted by Crippen LogP contribution is 2.76. The fraction of sp³-hybridized carbons (Fsp3) is 1.00. The van der Waals surface area contributed by atoms with E-state index in [0.29, 0.717) is 25.7 Å². The maximum Gasteiger partial charge on any atom is 0.187 e. The number of hydrogen-bond acceptors (Lipinski definition) is 19. The maximum atomic E-state index is 12.5. The smallest absolute Gasteiger partial charge is 0.187 e. The summed E-state index contributed by atoms with van der Waals surface area (Å²) in [5, 5.41) is 133. The van der Waals surface area contributed by atoms with Gasteiger partial charge in [0.05, 0.1) is 54.9 Å². The topological polar surface area (TPSA) is 307 Å². The summed E-state index contributed by atoms with van der Waals surface area (Å²) in [6.45, 7) is 16.1. The molecule has 8 rings (SSSR count). The third kappa shape index (κ3) is 8.31. The maximum absolute atomic E-state index is 12.5. The van der Waals surface area contributed by atoms with E-state index < -0.39 is 145 Å². The molecule has 4 saturated heterocycles. The van der Waals surface area contributed by atoms with Crippen molar-refractivity contribution in [3.8, 4) is 0 Å². The van der Waals surface area contributed by atoms with Crippen molar-refractivity contribution in [2.75, 3.05) is 13.2 Å². The van der Waals surface area contributed by atoms with Gasteiger partial charge in [-0.25, -0.2) is 0 Å². The summed E-state index contributed by atoms with van der Waals surface area (Å²) >= 11 is 0. The zero-order valence-corrected chi connectivity index (χ0v) is 40.6. The van der Waals surface area contributed by atoms with E-state index in [2.05, 4.69) is 20.8 Å². The van der Waals surface area contributed by atoms with Gasteiger partial charge in [0, 0.05) is 11.8 Å². The fourth-order valence-corrected chi connectivity index (χ4v) is 15.6. The van der Waals surface area contributed by atoms with Crippen LogP contribution in [0.3, 0.4) is 0 Å². The summed E-state index contributed by atoms with van der Waals surface area (Å²) in [7, 11) is 0. The Morgan fingerprint density at radius 1 is 0.597 bits per heavy atom. The Morgan fingerprint density at radius 3 is 1.70 bits per heavy atom. The van der Waals surface area contributed by atoms with Gasteiger partial charge in [-0.1, -0.05) is 27.7 Å². The van der Waals surface area contributed by atoms with Gasteiger partial charge in [-0.2, -0.15) is 0 Å². The molecule has 4 saturated carbocycles. The van der Waals surface area contributed by atoms with Crippen LogP contribution < -0.4 is 0 Å². The van der Waals surface area contributed by atoms with Crippen LogP contribution >= 0.6 is 0 Å². The molecular formula is C48H82O19. The summed E-state index contributed by atoms with van der Waals surface area (Å²) < 4.78 is 43.9. The second-order valence-electron chi connectivity index (χ2n) is 23.8. The van der Waals surface area contributed by atoms with Crippen LogP contribution in [-0.4, -0.2) is 202 Å². The van der Waals surface area contributed by atoms with Crippen molar-refractivity contribution < 1.29 is 94.4 Å². The summed E-state index contributed by atoms with van der Waals surface area (Å²) in [4.78, 5) is 0. The molecule has 0 aromatic rings. The number of fused-ring (bicyclic) bond motifs is 5. The van der Waals surface area contributed by atoms with Crippen LogP contribution in [0.1, 0.15) is 114 Å². The summed E-state index contributed by atoms with van der Waals surface area (Å²) in [5.41, 5.74) is -3.85. The molecular weight excluding hydrogens is 881 g/mol. The SMILES string of the molecule is C[C@@H]1O[C@@H](O[C@H]2[C@H](O[C@H]3CC[C@@]4(C)[C@@H](CC[C@]5(C)[C@@H]4C[C@@H](O)[C@@H]4[C@@H]([C@]6(C)C[C@H](O)[C@@H](C(C)(C)O)O6)CC[C@]45C)[C@]3(C)CO)O[C@H](CO)[C@@H](O)[C@@H]2O[C@@H]2O[C@@H](C)[C@H](O)[C@@H](O)[C@H]2O)[C@H](O)[C@H](O)[C@H]1O. The van der Waals surface area contributed by atoms with E-state index in [1.165, 1.54) is 13.8 Å². The lowest BCUT2D eigenvalue weighted by atomic mass is 9.35. The third-order valence-electron chi connectivity index (χ3n) is 19.6. The standard InChI is InChI=1S/C48H82O19/c1-20-30(53)33(56)35(58)40(61-20)65-37-32(55)25(18-49)63-42(38(37)66-41-36(59)34(57)31(54)21(2)62-41)64-28-12-13-44(5)26(45(28,6)19-50)11-15-46(7)27(44)16-23(51)29-22(10-14-47(29,46)8)48(9)17-24(52)39(67-48)43(3,4)60/h20-42,49-60H,10-19H2,1-9H3/t20-,21-,22-,23+,24-,25+,26+,27+,28-,29-,30-,31-,32+,33+,34+,35+,36+,37-,38+,39-,40-,41-,42-,44-,45-,46+,47+,48-/m0/s1. The molecule has 0 aromatic carbocycles. The van der Waals surface area contributed by atoms with Crippen molar-refractivity contribution in [1.29, 1.82) is 0 Å². The van der Waals surface area contributed by atoms with E-state index in [1.807, 2.05) is 13.8 Å². The molecule has 4 aliphatic carbocycles. The summed E-state index contributed by atoms with van der Waals surface area (Å²) in [5.74, 6) is -0.265. The number of hydrogen-bond donors (Lipinski definition) is 12. The number of rotatable bonds is 10. The lowest BCUT2D eigenvalue weighted by Gasteiger charge is -2.71. The minimum atomic E-state index is -1.81. The van der Waals surface area contributed by atoms with E-state index in [1.54, 1.807) is 13.8 Å².